The van der Waals surface area contributed by atoms with Gasteiger partial charge in [0.15, 0.2) is 0 Å². The molecule has 1 aromatic heterocycles. The number of carbonyl (C=O) groups is 3. The number of aromatic nitrogens is 1. The molecule has 108 valence electrons. The first-order chi connectivity index (χ1) is 9.31. The van der Waals surface area contributed by atoms with E-state index in [-0.39, 0.29) is 29.2 Å². The first-order valence-corrected chi connectivity index (χ1v) is 5.85. The van der Waals surface area contributed by atoms with Crippen LogP contribution >= 0.6 is 11.6 Å². The smallest absolute Gasteiger partial charge is 0.326 e. The molecule has 0 saturated carbocycles. The van der Waals surface area contributed by atoms with Gasteiger partial charge in [-0.2, -0.15) is 0 Å². The quantitative estimate of drug-likeness (QED) is 0.594. The van der Waals surface area contributed by atoms with Crippen LogP contribution in [0.2, 0.25) is 5.02 Å². The number of rotatable bonds is 6. The average Bonchev–Trinajstić information content (AvgIpc) is 2.33. The lowest BCUT2D eigenvalue weighted by Gasteiger charge is -2.13. The van der Waals surface area contributed by atoms with Crippen LogP contribution in [-0.2, 0) is 9.59 Å². The van der Waals surface area contributed by atoms with E-state index in [0.717, 1.165) is 0 Å². The molecule has 0 unspecified atom stereocenters. The molecule has 0 aliphatic carbocycles. The summed E-state index contributed by atoms with van der Waals surface area (Å²) in [4.78, 5) is 36.9. The van der Waals surface area contributed by atoms with E-state index >= 15 is 0 Å². The molecule has 0 saturated heterocycles. The van der Waals surface area contributed by atoms with Gasteiger partial charge < -0.3 is 21.3 Å². The van der Waals surface area contributed by atoms with Gasteiger partial charge >= 0.3 is 11.9 Å². The van der Waals surface area contributed by atoms with Crippen molar-refractivity contribution in [2.24, 2.45) is 0 Å². The van der Waals surface area contributed by atoms with E-state index in [0.29, 0.717) is 0 Å². The van der Waals surface area contributed by atoms with Gasteiger partial charge in [-0.25, -0.2) is 9.78 Å². The van der Waals surface area contributed by atoms with E-state index in [9.17, 15) is 14.4 Å². The second-order valence-electron chi connectivity index (χ2n) is 3.90. The lowest BCUT2D eigenvalue weighted by atomic mass is 10.1. The van der Waals surface area contributed by atoms with Gasteiger partial charge in [0.25, 0.3) is 5.91 Å². The highest BCUT2D eigenvalue weighted by Gasteiger charge is 2.23. The molecule has 1 aromatic rings. The summed E-state index contributed by atoms with van der Waals surface area (Å²) in [6.07, 6.45) is 0.566. The first-order valence-electron chi connectivity index (χ1n) is 5.47. The minimum atomic E-state index is -1.34. The van der Waals surface area contributed by atoms with Crippen molar-refractivity contribution in [1.29, 1.82) is 0 Å². The first kappa shape index (κ1) is 15.7. The maximum absolute atomic E-state index is 11.8. The number of pyridine rings is 1. The zero-order valence-corrected chi connectivity index (χ0v) is 10.9. The van der Waals surface area contributed by atoms with Gasteiger partial charge in [-0.15, -0.1) is 0 Å². The molecule has 0 bridgehead atoms. The summed E-state index contributed by atoms with van der Waals surface area (Å²) in [6.45, 7) is 0. The zero-order chi connectivity index (χ0) is 15.3. The Morgan fingerprint density at radius 1 is 1.40 bits per heavy atom. The predicted octanol–water partition coefficient (Wildman–Crippen LogP) is 0.365. The third kappa shape index (κ3) is 4.39. The highest BCUT2D eigenvalue weighted by Crippen LogP contribution is 2.16. The average molecular weight is 302 g/mol. The van der Waals surface area contributed by atoms with Crippen molar-refractivity contribution in [2.75, 3.05) is 5.73 Å². The van der Waals surface area contributed by atoms with E-state index in [1.807, 2.05) is 0 Å². The maximum Gasteiger partial charge on any atom is 0.326 e. The van der Waals surface area contributed by atoms with Gasteiger partial charge in [0, 0.05) is 6.42 Å². The highest BCUT2D eigenvalue weighted by atomic mass is 35.5. The molecule has 1 atom stereocenters. The number of carboxylic acid groups (broad SMARTS) is 2. The summed E-state index contributed by atoms with van der Waals surface area (Å²) in [7, 11) is 0. The van der Waals surface area contributed by atoms with Crippen LogP contribution in [0.25, 0.3) is 0 Å². The lowest BCUT2D eigenvalue weighted by molar-refractivity contribution is -0.140. The molecular weight excluding hydrogens is 290 g/mol. The Bertz CT molecular complexity index is 549. The molecule has 0 aliphatic rings. The molecule has 20 heavy (non-hydrogen) atoms. The summed E-state index contributed by atoms with van der Waals surface area (Å²) >= 11 is 5.77. The lowest BCUT2D eigenvalue weighted by Crippen LogP contribution is -2.41. The number of carboxylic acids is 2. The number of hydrogen-bond donors (Lipinski definition) is 4. The monoisotopic (exact) mass is 301 g/mol. The number of carbonyl (C=O) groups excluding carboxylic acids is 1. The minimum Gasteiger partial charge on any atom is -0.481 e. The number of halogens is 1. The van der Waals surface area contributed by atoms with E-state index < -0.39 is 23.9 Å². The number of amides is 1. The van der Waals surface area contributed by atoms with E-state index in [4.69, 9.17) is 27.5 Å². The Hall–Kier alpha value is -2.35. The summed E-state index contributed by atoms with van der Waals surface area (Å²) in [5, 5.41) is 19.6. The topological polar surface area (TPSA) is 143 Å². The van der Waals surface area contributed by atoms with Gasteiger partial charge in [0.2, 0.25) is 0 Å². The minimum absolute atomic E-state index is 0.0233. The van der Waals surface area contributed by atoms with Crippen molar-refractivity contribution in [1.82, 2.24) is 10.3 Å². The molecule has 1 amide bonds. The largest absolute Gasteiger partial charge is 0.481 e. The number of nitrogen functional groups attached to an aromatic ring is 1. The summed E-state index contributed by atoms with van der Waals surface area (Å²) in [6, 6.07) is -0.0368. The fourth-order valence-electron chi connectivity index (χ4n) is 1.37. The van der Waals surface area contributed by atoms with Gasteiger partial charge in [0.05, 0.1) is 16.9 Å². The second-order valence-corrected chi connectivity index (χ2v) is 4.30. The van der Waals surface area contributed by atoms with E-state index in [1.54, 1.807) is 0 Å². The van der Waals surface area contributed by atoms with Crippen LogP contribution in [0.5, 0.6) is 0 Å². The second kappa shape index (κ2) is 6.71. The third-order valence-electron chi connectivity index (χ3n) is 2.33. The van der Waals surface area contributed by atoms with Crippen LogP contribution in [0.1, 0.15) is 23.3 Å². The molecule has 0 aromatic carbocycles. The summed E-state index contributed by atoms with van der Waals surface area (Å²) < 4.78 is 0. The Morgan fingerprint density at radius 2 is 2.05 bits per heavy atom. The van der Waals surface area contributed by atoms with Crippen LogP contribution < -0.4 is 11.1 Å². The standard InChI is InChI=1S/C11H12ClN3O5/c12-6-3-5(13)4-14-9(6)10(18)15-7(11(19)20)1-2-8(16)17/h3-4,7H,1-2,13H2,(H,15,18)(H,16,17)(H,19,20)/t7-/m0/s1. The highest BCUT2D eigenvalue weighted by molar-refractivity contribution is 6.33. The molecule has 0 radical (unpaired) electrons. The van der Waals surface area contributed by atoms with Crippen LogP contribution in [0.15, 0.2) is 12.3 Å². The van der Waals surface area contributed by atoms with Crippen molar-refractivity contribution >= 4 is 35.1 Å². The summed E-state index contributed by atoms with van der Waals surface area (Å²) in [5.74, 6) is -3.31. The fourth-order valence-corrected chi connectivity index (χ4v) is 1.63. The molecule has 1 heterocycles. The molecule has 1 rings (SSSR count). The Labute approximate surface area is 118 Å². The molecule has 0 spiro atoms. The van der Waals surface area contributed by atoms with Gasteiger partial charge in [-0.1, -0.05) is 11.6 Å². The molecule has 0 aliphatic heterocycles. The van der Waals surface area contributed by atoms with E-state index in [2.05, 4.69) is 10.3 Å². The van der Waals surface area contributed by atoms with Crippen molar-refractivity contribution < 1.29 is 24.6 Å². The Morgan fingerprint density at radius 3 is 2.55 bits per heavy atom. The Kier molecular flexibility index (Phi) is 5.27. The normalized spacial score (nSPS) is 11.7. The van der Waals surface area contributed by atoms with Crippen molar-refractivity contribution in [3.8, 4) is 0 Å². The maximum atomic E-state index is 11.8. The number of nitrogens with zero attached hydrogens (tertiary/aromatic N) is 1. The number of anilines is 1. The van der Waals surface area contributed by atoms with Gasteiger partial charge in [0.1, 0.15) is 11.7 Å². The van der Waals surface area contributed by atoms with Crippen LogP contribution in [0.3, 0.4) is 0 Å². The molecule has 0 fully saturated rings. The molecular formula is C11H12ClN3O5. The molecule has 9 heteroatoms. The van der Waals surface area contributed by atoms with Crippen molar-refractivity contribution in [3.63, 3.8) is 0 Å². The van der Waals surface area contributed by atoms with Crippen molar-refractivity contribution in [2.45, 2.75) is 18.9 Å². The predicted molar refractivity (Wildman–Crippen MR) is 69.4 cm³/mol. The number of nitrogens with one attached hydrogen (secondary N) is 1. The molecule has 5 N–H and O–H groups in total. The van der Waals surface area contributed by atoms with Gasteiger partial charge in [-0.3, -0.25) is 9.59 Å². The van der Waals surface area contributed by atoms with Crippen molar-refractivity contribution in [3.05, 3.63) is 23.0 Å². The van der Waals surface area contributed by atoms with Gasteiger partial charge in [-0.05, 0) is 12.5 Å². The number of aliphatic carboxylic acids is 2. The van der Waals surface area contributed by atoms with Crippen LogP contribution in [0.4, 0.5) is 5.69 Å². The Balaban J connectivity index is 2.80. The number of nitrogens with two attached hydrogens (primary N) is 1. The number of hydrogen-bond acceptors (Lipinski definition) is 5. The molecule has 8 nitrogen and oxygen atoms in total. The summed E-state index contributed by atoms with van der Waals surface area (Å²) in [5.41, 5.74) is 5.50. The zero-order valence-electron chi connectivity index (χ0n) is 10.2. The SMILES string of the molecule is Nc1cnc(C(=O)N[C@@H](CCC(=O)O)C(=O)O)c(Cl)c1. The third-order valence-corrected chi connectivity index (χ3v) is 2.62. The van der Waals surface area contributed by atoms with Crippen LogP contribution in [-0.4, -0.2) is 39.1 Å². The van der Waals surface area contributed by atoms with E-state index in [1.165, 1.54) is 12.3 Å². The fraction of sp³-hybridized carbons (Fsp3) is 0.273. The van der Waals surface area contributed by atoms with Crippen LogP contribution in [0, 0.1) is 0 Å².